The van der Waals surface area contributed by atoms with Crippen LogP contribution in [0.25, 0.3) is 0 Å². The van der Waals surface area contributed by atoms with Crippen LogP contribution in [-0.4, -0.2) is 35.9 Å². The monoisotopic (exact) mass is 243 g/mol. The molecule has 94 valence electrons. The van der Waals surface area contributed by atoms with E-state index in [9.17, 15) is 5.26 Å². The Bertz CT molecular complexity index is 481. The van der Waals surface area contributed by atoms with Gasteiger partial charge in [0.05, 0.1) is 11.8 Å². The van der Waals surface area contributed by atoms with E-state index in [4.69, 9.17) is 0 Å². The third kappa shape index (κ3) is 1.65. The van der Waals surface area contributed by atoms with Gasteiger partial charge in [0.25, 0.3) is 0 Å². The quantitative estimate of drug-likeness (QED) is 0.831. The van der Waals surface area contributed by atoms with E-state index >= 15 is 0 Å². The van der Waals surface area contributed by atoms with Crippen LogP contribution >= 0.6 is 0 Å². The van der Waals surface area contributed by atoms with Crippen molar-refractivity contribution in [2.45, 2.75) is 19.4 Å². The van der Waals surface area contributed by atoms with Gasteiger partial charge in [-0.15, -0.1) is 5.10 Å². The van der Waals surface area contributed by atoms with Crippen molar-refractivity contribution in [3.63, 3.8) is 0 Å². The van der Waals surface area contributed by atoms with Crippen LogP contribution in [0, 0.1) is 23.2 Å². The molecule has 0 bridgehead atoms. The highest BCUT2D eigenvalue weighted by molar-refractivity contribution is 5.54. The van der Waals surface area contributed by atoms with E-state index in [0.29, 0.717) is 23.4 Å². The number of nitrogens with one attached hydrogen (secondary N) is 1. The van der Waals surface area contributed by atoms with E-state index in [-0.39, 0.29) is 0 Å². The maximum absolute atomic E-state index is 9.18. The smallest absolute Gasteiger partial charge is 0.169 e. The first-order chi connectivity index (χ1) is 8.85. The van der Waals surface area contributed by atoms with Crippen LogP contribution in [0.4, 0.5) is 5.82 Å². The van der Waals surface area contributed by atoms with Gasteiger partial charge >= 0.3 is 0 Å². The molecule has 1 aromatic heterocycles. The van der Waals surface area contributed by atoms with Gasteiger partial charge in [0, 0.05) is 25.7 Å². The van der Waals surface area contributed by atoms with Crippen molar-refractivity contribution in [3.05, 3.63) is 17.8 Å². The topological polar surface area (TPSA) is 64.8 Å². The molecule has 1 N–H and O–H groups in total. The number of rotatable bonds is 2. The maximum Gasteiger partial charge on any atom is 0.169 e. The van der Waals surface area contributed by atoms with Gasteiger partial charge in [-0.05, 0) is 24.3 Å². The first kappa shape index (κ1) is 11.4. The van der Waals surface area contributed by atoms with Crippen LogP contribution in [0.2, 0.25) is 0 Å². The van der Waals surface area contributed by atoms with Crippen molar-refractivity contribution in [1.82, 2.24) is 15.5 Å². The Balaban J connectivity index is 1.95. The lowest BCUT2D eigenvalue weighted by Crippen LogP contribution is -2.36. The number of hydrogen-bond donors (Lipinski definition) is 1. The summed E-state index contributed by atoms with van der Waals surface area (Å²) in [5.41, 5.74) is 0.636. The molecule has 18 heavy (non-hydrogen) atoms. The highest BCUT2D eigenvalue weighted by Crippen LogP contribution is 2.37. The molecule has 0 amide bonds. The maximum atomic E-state index is 9.18. The second-order valence-corrected chi connectivity index (χ2v) is 5.09. The van der Waals surface area contributed by atoms with Gasteiger partial charge in [0.2, 0.25) is 0 Å². The van der Waals surface area contributed by atoms with Crippen LogP contribution in [-0.2, 0) is 0 Å². The summed E-state index contributed by atoms with van der Waals surface area (Å²) in [7, 11) is 0. The van der Waals surface area contributed by atoms with Crippen molar-refractivity contribution in [2.75, 3.05) is 24.5 Å². The van der Waals surface area contributed by atoms with E-state index in [0.717, 1.165) is 31.9 Å². The van der Waals surface area contributed by atoms with E-state index < -0.39 is 0 Å². The molecular weight excluding hydrogens is 226 g/mol. The summed E-state index contributed by atoms with van der Waals surface area (Å²) in [5, 5.41) is 20.8. The van der Waals surface area contributed by atoms with Gasteiger partial charge in [-0.2, -0.15) is 10.4 Å². The van der Waals surface area contributed by atoms with Crippen molar-refractivity contribution >= 4 is 5.82 Å². The molecule has 1 aromatic rings. The Morgan fingerprint density at radius 3 is 3.22 bits per heavy atom. The summed E-state index contributed by atoms with van der Waals surface area (Å²) in [6.07, 6.45) is 2.67. The summed E-state index contributed by atoms with van der Waals surface area (Å²) >= 11 is 0. The lowest BCUT2D eigenvalue weighted by Gasteiger charge is -2.27. The molecule has 2 aliphatic rings. The summed E-state index contributed by atoms with van der Waals surface area (Å²) in [6.45, 7) is 5.37. The second kappa shape index (κ2) is 4.54. The molecule has 2 aliphatic heterocycles. The zero-order valence-electron chi connectivity index (χ0n) is 10.5. The fraction of sp³-hybridized carbons (Fsp3) is 0.615. The number of hydrogen-bond acceptors (Lipinski definition) is 5. The summed E-state index contributed by atoms with van der Waals surface area (Å²) in [5.74, 6) is 2.13. The number of anilines is 1. The van der Waals surface area contributed by atoms with Gasteiger partial charge in [-0.3, -0.25) is 0 Å². The fourth-order valence-electron chi connectivity index (χ4n) is 3.41. The summed E-state index contributed by atoms with van der Waals surface area (Å²) < 4.78 is 0. The number of aromatic nitrogens is 2. The largest absolute Gasteiger partial charge is 0.350 e. The van der Waals surface area contributed by atoms with Crippen LogP contribution < -0.4 is 10.2 Å². The standard InChI is InChI=1S/C13H17N5/c1-2-12-11-7-15-6-10(11)8-18(12)13-9(5-14)3-4-16-17-13/h3-4,10-12,15H,2,6-8H2,1H3. The van der Waals surface area contributed by atoms with Crippen molar-refractivity contribution in [2.24, 2.45) is 11.8 Å². The number of fused-ring (bicyclic) bond motifs is 1. The minimum absolute atomic E-state index is 0.480. The van der Waals surface area contributed by atoms with Gasteiger partial charge in [0.15, 0.2) is 5.82 Å². The Morgan fingerprint density at radius 1 is 1.56 bits per heavy atom. The molecule has 5 heteroatoms. The molecule has 5 nitrogen and oxygen atoms in total. The Labute approximate surface area is 107 Å². The van der Waals surface area contributed by atoms with Crippen molar-refractivity contribution < 1.29 is 0 Å². The summed E-state index contributed by atoms with van der Waals surface area (Å²) in [4.78, 5) is 2.29. The van der Waals surface area contributed by atoms with E-state index in [1.807, 2.05) is 0 Å². The van der Waals surface area contributed by atoms with Crippen LogP contribution in [0.15, 0.2) is 12.3 Å². The van der Waals surface area contributed by atoms with Crippen LogP contribution in [0.5, 0.6) is 0 Å². The van der Waals surface area contributed by atoms with Crippen molar-refractivity contribution in [1.29, 1.82) is 5.26 Å². The van der Waals surface area contributed by atoms with Gasteiger partial charge in [-0.25, -0.2) is 0 Å². The fourth-order valence-corrected chi connectivity index (χ4v) is 3.41. The predicted molar refractivity (Wildman–Crippen MR) is 68.0 cm³/mol. The van der Waals surface area contributed by atoms with E-state index in [1.165, 1.54) is 0 Å². The van der Waals surface area contributed by atoms with Crippen LogP contribution in [0.1, 0.15) is 18.9 Å². The van der Waals surface area contributed by atoms with Crippen LogP contribution in [0.3, 0.4) is 0 Å². The molecular formula is C13H17N5. The molecule has 0 aromatic carbocycles. The minimum atomic E-state index is 0.480. The van der Waals surface area contributed by atoms with Gasteiger partial charge in [-0.1, -0.05) is 6.92 Å². The second-order valence-electron chi connectivity index (χ2n) is 5.09. The predicted octanol–water partition coefficient (Wildman–Crippen LogP) is 0.782. The van der Waals surface area contributed by atoms with Crippen molar-refractivity contribution in [3.8, 4) is 6.07 Å². The Hall–Kier alpha value is -1.67. The number of nitriles is 1. The third-order valence-electron chi connectivity index (χ3n) is 4.23. The zero-order valence-corrected chi connectivity index (χ0v) is 10.5. The molecule has 0 spiro atoms. The minimum Gasteiger partial charge on any atom is -0.350 e. The number of nitrogens with zero attached hydrogens (tertiary/aromatic N) is 4. The average Bonchev–Trinajstić information content (AvgIpc) is 2.98. The molecule has 3 unspecified atom stereocenters. The highest BCUT2D eigenvalue weighted by Gasteiger charge is 2.44. The van der Waals surface area contributed by atoms with Gasteiger partial charge < -0.3 is 10.2 Å². The molecule has 0 saturated carbocycles. The highest BCUT2D eigenvalue weighted by atomic mass is 15.3. The lowest BCUT2D eigenvalue weighted by molar-refractivity contribution is 0.441. The lowest BCUT2D eigenvalue weighted by atomic mass is 9.93. The van der Waals surface area contributed by atoms with Gasteiger partial charge in [0.1, 0.15) is 6.07 Å². The zero-order chi connectivity index (χ0) is 12.5. The van der Waals surface area contributed by atoms with E-state index in [2.05, 4.69) is 33.4 Å². The normalized spacial score (nSPS) is 30.2. The first-order valence-electron chi connectivity index (χ1n) is 6.54. The third-order valence-corrected chi connectivity index (χ3v) is 4.23. The van der Waals surface area contributed by atoms with E-state index in [1.54, 1.807) is 12.3 Å². The molecule has 3 rings (SSSR count). The summed E-state index contributed by atoms with van der Waals surface area (Å²) in [6, 6.07) is 4.45. The first-order valence-corrected chi connectivity index (χ1v) is 6.54. The molecule has 0 aliphatic carbocycles. The SMILES string of the molecule is CCC1C2CNCC2CN1c1nnccc1C#N. The molecule has 2 saturated heterocycles. The Kier molecular flexibility index (Phi) is 2.88. The molecule has 2 fully saturated rings. The molecule has 0 radical (unpaired) electrons. The molecule has 3 heterocycles. The molecule has 3 atom stereocenters. The average molecular weight is 243 g/mol. The Morgan fingerprint density at radius 2 is 2.44 bits per heavy atom.